The molecule has 1 saturated carbocycles. The average molecular weight is 620 g/mol. The van der Waals surface area contributed by atoms with Crippen LogP contribution in [-0.2, 0) is 0 Å². The summed E-state index contributed by atoms with van der Waals surface area (Å²) in [6.07, 6.45) is 2.01. The summed E-state index contributed by atoms with van der Waals surface area (Å²) in [6, 6.07) is 27.1. The molecule has 1 fully saturated rings. The van der Waals surface area contributed by atoms with Crippen molar-refractivity contribution >= 4 is 28.5 Å². The van der Waals surface area contributed by atoms with Crippen molar-refractivity contribution in [1.82, 2.24) is 10.6 Å². The number of nitrogens with one attached hydrogen (secondary N) is 2. The van der Waals surface area contributed by atoms with Crippen molar-refractivity contribution < 1.29 is 23.1 Å². The fourth-order valence-corrected chi connectivity index (χ4v) is 5.84. The van der Waals surface area contributed by atoms with Crippen molar-refractivity contribution in [2.45, 2.75) is 26.7 Å². The Kier molecular flexibility index (Phi) is 8.79. The van der Waals surface area contributed by atoms with Gasteiger partial charge in [-0.15, -0.1) is 0 Å². The molecule has 8 heteroatoms. The third-order valence-corrected chi connectivity index (χ3v) is 8.78. The highest BCUT2D eigenvalue weighted by Gasteiger charge is 2.43. The second kappa shape index (κ2) is 13.1. The topological polar surface area (TPSA) is 83.8 Å². The number of ether oxygens (including phenoxy) is 1. The number of furan rings is 1. The molecule has 2 N–H and O–H groups in total. The normalized spacial score (nSPS) is 13.3. The van der Waals surface area contributed by atoms with Gasteiger partial charge in [-0.05, 0) is 86.8 Å². The van der Waals surface area contributed by atoms with E-state index in [-0.39, 0.29) is 23.0 Å². The number of amides is 2. The molecule has 2 amide bonds. The zero-order valence-corrected chi connectivity index (χ0v) is 26.4. The van der Waals surface area contributed by atoms with E-state index >= 15 is 0 Å². The second-order valence-electron chi connectivity index (χ2n) is 11.8. The number of hydrogen-bond donors (Lipinski definition) is 2. The highest BCUT2D eigenvalue weighted by Crippen LogP contribution is 2.45. The van der Waals surface area contributed by atoms with Crippen LogP contribution in [0.4, 0.5) is 10.1 Å². The van der Waals surface area contributed by atoms with Gasteiger partial charge in [-0.25, -0.2) is 4.39 Å². The van der Waals surface area contributed by atoms with E-state index < -0.39 is 0 Å². The van der Waals surface area contributed by atoms with Crippen molar-refractivity contribution in [3.8, 4) is 28.2 Å². The number of nitrogens with zero attached hydrogens (tertiary/aromatic N) is 1. The maximum Gasteiger partial charge on any atom is 0.255 e. The summed E-state index contributed by atoms with van der Waals surface area (Å²) in [5.41, 5.74) is 4.66. The van der Waals surface area contributed by atoms with Crippen molar-refractivity contribution in [3.05, 3.63) is 108 Å². The molecular weight excluding hydrogens is 581 g/mol. The van der Waals surface area contributed by atoms with Gasteiger partial charge in [0.2, 0.25) is 0 Å². The lowest BCUT2D eigenvalue weighted by atomic mass is 9.96. The number of rotatable bonds is 12. The van der Waals surface area contributed by atoms with E-state index in [4.69, 9.17) is 9.15 Å². The van der Waals surface area contributed by atoms with Gasteiger partial charge >= 0.3 is 0 Å². The third-order valence-electron chi connectivity index (χ3n) is 8.78. The summed E-state index contributed by atoms with van der Waals surface area (Å²) in [5.74, 6) is 0.375. The van der Waals surface area contributed by atoms with Crippen molar-refractivity contribution in [2.75, 3.05) is 38.2 Å². The summed E-state index contributed by atoms with van der Waals surface area (Å²) >= 11 is 0. The SMILES string of the molecule is CCN(CC)c1cc2oc(-c3ccc(F)cc3)c(C(=O)NC)c2cc1-c1cccc(C(=O)NCC2(COc3ccccc3)CC2)c1. The zero-order valence-electron chi connectivity index (χ0n) is 26.4. The number of benzene rings is 4. The van der Waals surface area contributed by atoms with Crippen LogP contribution in [-0.4, -0.2) is 45.1 Å². The minimum absolute atomic E-state index is 0.0518. The van der Waals surface area contributed by atoms with Crippen LogP contribution in [0.5, 0.6) is 5.75 Å². The van der Waals surface area contributed by atoms with Crippen molar-refractivity contribution in [1.29, 1.82) is 0 Å². The molecule has 0 unspecified atom stereocenters. The molecule has 0 atom stereocenters. The smallest absolute Gasteiger partial charge is 0.255 e. The molecule has 5 aromatic rings. The molecule has 7 nitrogen and oxygen atoms in total. The maximum absolute atomic E-state index is 13.7. The number of carbonyl (C=O) groups excluding carboxylic acids is 2. The number of halogens is 1. The molecule has 0 radical (unpaired) electrons. The largest absolute Gasteiger partial charge is 0.493 e. The first-order valence-electron chi connectivity index (χ1n) is 15.7. The van der Waals surface area contributed by atoms with Gasteiger partial charge in [0.05, 0.1) is 12.2 Å². The molecule has 0 spiro atoms. The first kappa shape index (κ1) is 30.9. The first-order chi connectivity index (χ1) is 22.3. The lowest BCUT2D eigenvalue weighted by Crippen LogP contribution is -2.33. The Hall–Kier alpha value is -5.11. The summed E-state index contributed by atoms with van der Waals surface area (Å²) < 4.78 is 26.1. The predicted octanol–water partition coefficient (Wildman–Crippen LogP) is 7.70. The van der Waals surface area contributed by atoms with Gasteiger partial charge in [0, 0.05) is 65.9 Å². The lowest BCUT2D eigenvalue weighted by Gasteiger charge is -2.24. The molecule has 6 rings (SSSR count). The highest BCUT2D eigenvalue weighted by atomic mass is 19.1. The van der Waals surface area contributed by atoms with Gasteiger partial charge < -0.3 is 24.7 Å². The lowest BCUT2D eigenvalue weighted by molar-refractivity contribution is 0.0935. The van der Waals surface area contributed by atoms with Crippen LogP contribution in [0.15, 0.2) is 95.4 Å². The summed E-state index contributed by atoms with van der Waals surface area (Å²) in [5, 5.41) is 6.50. The van der Waals surface area contributed by atoms with E-state index in [1.165, 1.54) is 12.1 Å². The molecule has 1 aromatic heterocycles. The Morgan fingerprint density at radius 3 is 2.30 bits per heavy atom. The highest BCUT2D eigenvalue weighted by molar-refractivity contribution is 6.13. The van der Waals surface area contributed by atoms with Gasteiger partial charge in [0.25, 0.3) is 11.8 Å². The first-order valence-corrected chi connectivity index (χ1v) is 15.7. The maximum atomic E-state index is 13.7. The monoisotopic (exact) mass is 619 g/mol. The molecule has 0 bridgehead atoms. The van der Waals surface area contributed by atoms with Gasteiger partial charge in [-0.1, -0.05) is 30.3 Å². The van der Waals surface area contributed by atoms with E-state index in [2.05, 4.69) is 29.4 Å². The second-order valence-corrected chi connectivity index (χ2v) is 11.8. The Morgan fingerprint density at radius 2 is 1.63 bits per heavy atom. The molecule has 1 aliphatic rings. The van der Waals surface area contributed by atoms with Crippen molar-refractivity contribution in [2.24, 2.45) is 5.41 Å². The standard InChI is InChI=1S/C38H38FN3O4/c1-4-42(5-2)32-22-33-31(34(37(44)40-3)35(46-33)25-14-16-28(39)17-15-25)21-30(32)26-10-9-11-27(20-26)36(43)41-23-38(18-19-38)24-45-29-12-7-6-8-13-29/h6-17,20-22H,4-5,18-19,23-24H2,1-3H3,(H,40,44)(H,41,43). The minimum atomic E-state index is -0.371. The Bertz CT molecular complexity index is 1860. The van der Waals surface area contributed by atoms with Crippen LogP contribution < -0.4 is 20.3 Å². The predicted molar refractivity (Wildman–Crippen MR) is 180 cm³/mol. The number of para-hydroxylation sites is 1. The van der Waals surface area contributed by atoms with Crippen LogP contribution >= 0.6 is 0 Å². The van der Waals surface area contributed by atoms with Crippen LogP contribution in [0.2, 0.25) is 0 Å². The van der Waals surface area contributed by atoms with Gasteiger partial charge in [0.15, 0.2) is 0 Å². The molecule has 46 heavy (non-hydrogen) atoms. The Labute approximate surface area is 268 Å². The number of anilines is 1. The minimum Gasteiger partial charge on any atom is -0.493 e. The fourth-order valence-electron chi connectivity index (χ4n) is 5.84. The van der Waals surface area contributed by atoms with E-state index in [9.17, 15) is 14.0 Å². The van der Waals surface area contributed by atoms with Gasteiger partial charge in [0.1, 0.15) is 22.9 Å². The Balaban J connectivity index is 1.33. The third kappa shape index (κ3) is 6.33. The fraction of sp³-hybridized carbons (Fsp3) is 0.263. The van der Waals surface area contributed by atoms with Gasteiger partial charge in [-0.3, -0.25) is 9.59 Å². The average Bonchev–Trinajstić information content (AvgIpc) is 3.78. The molecule has 236 valence electrons. The summed E-state index contributed by atoms with van der Waals surface area (Å²) in [4.78, 5) is 28.9. The molecule has 1 aliphatic carbocycles. The van der Waals surface area contributed by atoms with E-state index in [0.29, 0.717) is 46.6 Å². The summed E-state index contributed by atoms with van der Waals surface area (Å²) in [7, 11) is 1.57. The molecule has 1 heterocycles. The van der Waals surface area contributed by atoms with Gasteiger partial charge in [-0.2, -0.15) is 0 Å². The van der Waals surface area contributed by atoms with Crippen LogP contribution in [0.25, 0.3) is 33.4 Å². The van der Waals surface area contributed by atoms with Crippen LogP contribution in [0.3, 0.4) is 0 Å². The number of carbonyl (C=O) groups is 2. The summed E-state index contributed by atoms with van der Waals surface area (Å²) in [6.45, 7) is 6.75. The van der Waals surface area contributed by atoms with E-state index in [0.717, 1.165) is 48.5 Å². The van der Waals surface area contributed by atoms with E-state index in [1.807, 2.05) is 66.7 Å². The zero-order chi connectivity index (χ0) is 32.3. The van der Waals surface area contributed by atoms with Crippen molar-refractivity contribution in [3.63, 3.8) is 0 Å². The molecule has 4 aromatic carbocycles. The quantitative estimate of drug-likeness (QED) is 0.150. The number of hydrogen-bond acceptors (Lipinski definition) is 5. The molecule has 0 aliphatic heterocycles. The molecular formula is C38H38FN3O4. The number of fused-ring (bicyclic) bond motifs is 1. The van der Waals surface area contributed by atoms with E-state index in [1.54, 1.807) is 19.2 Å². The molecule has 0 saturated heterocycles. The Morgan fingerprint density at radius 1 is 0.891 bits per heavy atom. The van der Waals surface area contributed by atoms with Crippen LogP contribution in [0, 0.1) is 11.2 Å². The van der Waals surface area contributed by atoms with Crippen LogP contribution in [0.1, 0.15) is 47.4 Å².